The van der Waals surface area contributed by atoms with Crippen molar-refractivity contribution in [2.45, 2.75) is 44.8 Å². The number of aromatic carboxylic acids is 1. The standard InChI is InChI=1S/C21H24F2N2O4/c1-2-5-17(22)18(23)8-13-11-28-21(29-12-13)16-7-4-3-6-15(16)19-24-9-14(10-25-19)20(26)27/h3-4,6-7,9-10,13,17-18,21H,2,5,8,11-12H2,1H3,(H,26,27). The third-order valence-corrected chi connectivity index (χ3v) is 4.84. The van der Waals surface area contributed by atoms with E-state index < -0.39 is 24.6 Å². The summed E-state index contributed by atoms with van der Waals surface area (Å²) in [6.07, 6.45) is -0.285. The molecule has 3 rings (SSSR count). The van der Waals surface area contributed by atoms with E-state index in [2.05, 4.69) is 9.97 Å². The number of aromatic nitrogens is 2. The van der Waals surface area contributed by atoms with Crippen LogP contribution in [0, 0.1) is 5.92 Å². The summed E-state index contributed by atoms with van der Waals surface area (Å²) < 4.78 is 39.3. The van der Waals surface area contributed by atoms with Crippen molar-refractivity contribution in [1.29, 1.82) is 0 Å². The number of rotatable bonds is 8. The van der Waals surface area contributed by atoms with Crippen molar-refractivity contribution >= 4 is 5.97 Å². The van der Waals surface area contributed by atoms with Crippen LogP contribution in [0.3, 0.4) is 0 Å². The van der Waals surface area contributed by atoms with Crippen LogP contribution in [0.5, 0.6) is 0 Å². The summed E-state index contributed by atoms with van der Waals surface area (Å²) in [5.41, 5.74) is 1.34. The SMILES string of the molecule is CCCC(F)C(F)CC1COC(c2ccccc2-c2ncc(C(=O)O)cn2)OC1. The Morgan fingerprint density at radius 3 is 2.45 bits per heavy atom. The van der Waals surface area contributed by atoms with Gasteiger partial charge in [0.1, 0.15) is 12.3 Å². The van der Waals surface area contributed by atoms with Gasteiger partial charge in [0.05, 0.1) is 18.8 Å². The Hall–Kier alpha value is -2.45. The Morgan fingerprint density at radius 2 is 1.83 bits per heavy atom. The lowest BCUT2D eigenvalue weighted by Crippen LogP contribution is -2.31. The van der Waals surface area contributed by atoms with E-state index in [1.807, 2.05) is 25.1 Å². The van der Waals surface area contributed by atoms with Gasteiger partial charge < -0.3 is 14.6 Å². The van der Waals surface area contributed by atoms with Gasteiger partial charge in [-0.05, 0) is 12.8 Å². The number of ether oxygens (including phenoxy) is 2. The lowest BCUT2D eigenvalue weighted by atomic mass is 9.98. The van der Waals surface area contributed by atoms with Gasteiger partial charge in [0.25, 0.3) is 0 Å². The van der Waals surface area contributed by atoms with Gasteiger partial charge in [0.15, 0.2) is 12.1 Å². The normalized spacial score (nSPS) is 21.5. The van der Waals surface area contributed by atoms with Crippen LogP contribution in [-0.2, 0) is 9.47 Å². The summed E-state index contributed by atoms with van der Waals surface area (Å²) in [5, 5.41) is 8.99. The molecule has 1 aromatic heterocycles. The number of carboxylic acids is 1. The molecule has 1 aliphatic heterocycles. The van der Waals surface area contributed by atoms with E-state index in [-0.39, 0.29) is 37.5 Å². The first-order chi connectivity index (χ1) is 14.0. The van der Waals surface area contributed by atoms with Crippen LogP contribution in [-0.4, -0.2) is 46.6 Å². The van der Waals surface area contributed by atoms with Crippen molar-refractivity contribution in [3.8, 4) is 11.4 Å². The Balaban J connectivity index is 1.66. The maximum absolute atomic E-state index is 14.0. The zero-order valence-corrected chi connectivity index (χ0v) is 16.1. The van der Waals surface area contributed by atoms with Crippen LogP contribution < -0.4 is 0 Å². The van der Waals surface area contributed by atoms with Crippen LogP contribution in [0.25, 0.3) is 11.4 Å². The molecule has 2 heterocycles. The molecule has 1 aliphatic rings. The van der Waals surface area contributed by atoms with Gasteiger partial charge in [-0.15, -0.1) is 0 Å². The van der Waals surface area contributed by atoms with Crippen molar-refractivity contribution in [3.05, 3.63) is 47.8 Å². The maximum atomic E-state index is 14.0. The molecule has 1 fully saturated rings. The smallest absolute Gasteiger partial charge is 0.338 e. The molecule has 2 atom stereocenters. The lowest BCUT2D eigenvalue weighted by Gasteiger charge is -2.31. The molecule has 0 aliphatic carbocycles. The maximum Gasteiger partial charge on any atom is 0.338 e. The second-order valence-electron chi connectivity index (χ2n) is 7.11. The molecule has 6 nitrogen and oxygen atoms in total. The van der Waals surface area contributed by atoms with E-state index in [4.69, 9.17) is 14.6 Å². The summed E-state index contributed by atoms with van der Waals surface area (Å²) >= 11 is 0. The van der Waals surface area contributed by atoms with Crippen molar-refractivity contribution < 1.29 is 28.2 Å². The van der Waals surface area contributed by atoms with Crippen LogP contribution in [0.15, 0.2) is 36.7 Å². The van der Waals surface area contributed by atoms with E-state index in [0.717, 1.165) is 0 Å². The highest BCUT2D eigenvalue weighted by Crippen LogP contribution is 2.33. The summed E-state index contributed by atoms with van der Waals surface area (Å²) in [4.78, 5) is 19.2. The van der Waals surface area contributed by atoms with Crippen molar-refractivity contribution in [3.63, 3.8) is 0 Å². The fourth-order valence-electron chi connectivity index (χ4n) is 3.27. The summed E-state index contributed by atoms with van der Waals surface area (Å²) in [5.74, 6) is -0.964. The molecule has 0 saturated carbocycles. The van der Waals surface area contributed by atoms with Crippen molar-refractivity contribution in [2.24, 2.45) is 5.92 Å². The zero-order chi connectivity index (χ0) is 20.8. The minimum atomic E-state index is -1.52. The highest BCUT2D eigenvalue weighted by atomic mass is 19.2. The molecule has 1 N–H and O–H groups in total. The predicted octanol–water partition coefficient (Wildman–Crippen LogP) is 4.37. The van der Waals surface area contributed by atoms with E-state index in [9.17, 15) is 13.6 Å². The fourth-order valence-corrected chi connectivity index (χ4v) is 3.27. The average molecular weight is 406 g/mol. The van der Waals surface area contributed by atoms with Gasteiger partial charge in [-0.3, -0.25) is 0 Å². The third-order valence-electron chi connectivity index (χ3n) is 4.84. The number of hydrogen-bond donors (Lipinski definition) is 1. The number of hydrogen-bond acceptors (Lipinski definition) is 5. The molecule has 0 spiro atoms. The highest BCUT2D eigenvalue weighted by Gasteiger charge is 2.30. The Morgan fingerprint density at radius 1 is 1.17 bits per heavy atom. The van der Waals surface area contributed by atoms with Crippen LogP contribution >= 0.6 is 0 Å². The van der Waals surface area contributed by atoms with Gasteiger partial charge in [-0.2, -0.15) is 0 Å². The largest absolute Gasteiger partial charge is 0.478 e. The number of nitrogens with zero attached hydrogens (tertiary/aromatic N) is 2. The molecule has 1 saturated heterocycles. The average Bonchev–Trinajstić information content (AvgIpc) is 2.74. The first-order valence-electron chi connectivity index (χ1n) is 9.65. The number of alkyl halides is 2. The summed E-state index contributed by atoms with van der Waals surface area (Å²) in [7, 11) is 0. The predicted molar refractivity (Wildman–Crippen MR) is 102 cm³/mol. The molecule has 0 amide bonds. The van der Waals surface area contributed by atoms with Gasteiger partial charge in [0.2, 0.25) is 0 Å². The van der Waals surface area contributed by atoms with Crippen LogP contribution in [0.2, 0.25) is 0 Å². The van der Waals surface area contributed by atoms with E-state index in [1.54, 1.807) is 6.07 Å². The molecule has 156 valence electrons. The second kappa shape index (κ2) is 9.84. The van der Waals surface area contributed by atoms with E-state index >= 15 is 0 Å². The molecular weight excluding hydrogens is 382 g/mol. The lowest BCUT2D eigenvalue weighted by molar-refractivity contribution is -0.208. The number of carboxylic acid groups (broad SMARTS) is 1. The number of benzene rings is 1. The summed E-state index contributed by atoms with van der Waals surface area (Å²) in [6.45, 7) is 2.35. The zero-order valence-electron chi connectivity index (χ0n) is 16.1. The molecule has 1 aromatic carbocycles. The van der Waals surface area contributed by atoms with Crippen LogP contribution in [0.4, 0.5) is 8.78 Å². The number of halogens is 2. The summed E-state index contributed by atoms with van der Waals surface area (Å²) in [6, 6.07) is 7.23. The Kier molecular flexibility index (Phi) is 7.22. The Bertz CT molecular complexity index is 811. The topological polar surface area (TPSA) is 81.5 Å². The molecule has 0 radical (unpaired) electrons. The Labute approximate surface area is 167 Å². The van der Waals surface area contributed by atoms with Gasteiger partial charge in [0, 0.05) is 29.4 Å². The molecule has 29 heavy (non-hydrogen) atoms. The second-order valence-corrected chi connectivity index (χ2v) is 7.11. The van der Waals surface area contributed by atoms with Crippen LogP contribution in [0.1, 0.15) is 48.4 Å². The van der Waals surface area contributed by atoms with Crippen molar-refractivity contribution in [1.82, 2.24) is 9.97 Å². The first kappa shape index (κ1) is 21.3. The van der Waals surface area contributed by atoms with Gasteiger partial charge >= 0.3 is 5.97 Å². The van der Waals surface area contributed by atoms with Crippen molar-refractivity contribution in [2.75, 3.05) is 13.2 Å². The van der Waals surface area contributed by atoms with Gasteiger partial charge in [-0.1, -0.05) is 37.6 Å². The quantitative estimate of drug-likeness (QED) is 0.701. The first-order valence-corrected chi connectivity index (χ1v) is 9.65. The molecule has 2 unspecified atom stereocenters. The van der Waals surface area contributed by atoms with E-state index in [0.29, 0.717) is 23.4 Å². The minimum Gasteiger partial charge on any atom is -0.478 e. The molecular formula is C21H24F2N2O4. The van der Waals surface area contributed by atoms with E-state index in [1.165, 1.54) is 12.4 Å². The number of carbonyl (C=O) groups is 1. The highest BCUT2D eigenvalue weighted by molar-refractivity contribution is 5.86. The monoisotopic (exact) mass is 406 g/mol. The fraction of sp³-hybridized carbons (Fsp3) is 0.476. The minimum absolute atomic E-state index is 0.00532. The molecule has 2 aromatic rings. The van der Waals surface area contributed by atoms with Gasteiger partial charge in [-0.25, -0.2) is 23.5 Å². The molecule has 8 heteroatoms. The molecule has 0 bridgehead atoms. The third kappa shape index (κ3) is 5.33.